The second-order valence-electron chi connectivity index (χ2n) is 5.95. The van der Waals surface area contributed by atoms with Crippen LogP contribution in [0.4, 0.5) is 0 Å². The molecule has 0 radical (unpaired) electrons. The first-order valence-corrected chi connectivity index (χ1v) is 7.15. The zero-order chi connectivity index (χ0) is 13.9. The van der Waals surface area contributed by atoms with E-state index in [1.807, 2.05) is 6.07 Å². The van der Waals surface area contributed by atoms with Gasteiger partial charge in [0.25, 0.3) is 0 Å². The minimum absolute atomic E-state index is 0.0255. The standard InChI is InChI=1S/C17H17NO2/c1-18-8-7-10-3-2-4-12-15(10)13(18)9-11-5-6-14(19)17(20)16(11)12/h2-6,13,19-20H,7-9H2,1H3/p+1/t13-/m0/s1. The number of hydrogen-bond donors (Lipinski definition) is 3. The number of phenolic OH excluding ortho intramolecular Hbond substituents is 2. The van der Waals surface area contributed by atoms with Gasteiger partial charge in [-0.3, -0.25) is 0 Å². The van der Waals surface area contributed by atoms with Gasteiger partial charge in [-0.15, -0.1) is 0 Å². The minimum Gasteiger partial charge on any atom is -0.504 e. The molecular formula is C17H18NO2+. The van der Waals surface area contributed by atoms with Gasteiger partial charge in [-0.2, -0.15) is 0 Å². The number of fused-ring (bicyclic) bond motifs is 2. The number of rotatable bonds is 0. The third-order valence-electron chi connectivity index (χ3n) is 4.86. The molecule has 0 aromatic heterocycles. The second kappa shape index (κ2) is 4.00. The maximum absolute atomic E-state index is 10.3. The highest BCUT2D eigenvalue weighted by atomic mass is 16.3. The summed E-state index contributed by atoms with van der Waals surface area (Å²) in [6.45, 7) is 1.15. The van der Waals surface area contributed by atoms with Crippen LogP contribution in [0, 0.1) is 0 Å². The van der Waals surface area contributed by atoms with Gasteiger partial charge < -0.3 is 15.1 Å². The van der Waals surface area contributed by atoms with Crippen LogP contribution in [0.5, 0.6) is 11.5 Å². The van der Waals surface area contributed by atoms with Gasteiger partial charge in [0.15, 0.2) is 11.5 Å². The summed E-state index contributed by atoms with van der Waals surface area (Å²) in [5, 5.41) is 20.1. The first-order valence-electron chi connectivity index (χ1n) is 7.15. The van der Waals surface area contributed by atoms with Crippen LogP contribution in [-0.2, 0) is 12.8 Å². The molecule has 3 nitrogen and oxygen atoms in total. The molecule has 0 saturated heterocycles. The highest BCUT2D eigenvalue weighted by Crippen LogP contribution is 2.47. The van der Waals surface area contributed by atoms with E-state index < -0.39 is 0 Å². The number of likely N-dealkylation sites (N-methyl/N-ethyl adjacent to an activating group) is 1. The van der Waals surface area contributed by atoms with Crippen molar-refractivity contribution in [2.75, 3.05) is 13.6 Å². The minimum atomic E-state index is -0.0312. The Morgan fingerprint density at radius 3 is 2.80 bits per heavy atom. The molecule has 2 aromatic carbocycles. The molecule has 2 atom stereocenters. The lowest BCUT2D eigenvalue weighted by atomic mass is 9.77. The zero-order valence-corrected chi connectivity index (χ0v) is 11.5. The maximum atomic E-state index is 10.3. The Morgan fingerprint density at radius 2 is 1.95 bits per heavy atom. The Hall–Kier alpha value is -2.00. The number of aromatic hydroxyl groups is 2. The van der Waals surface area contributed by atoms with Crippen molar-refractivity contribution in [1.82, 2.24) is 0 Å². The fourth-order valence-electron chi connectivity index (χ4n) is 3.80. The van der Waals surface area contributed by atoms with Crippen LogP contribution < -0.4 is 4.90 Å². The highest BCUT2D eigenvalue weighted by molar-refractivity contribution is 5.81. The molecule has 0 spiro atoms. The average molecular weight is 268 g/mol. The summed E-state index contributed by atoms with van der Waals surface area (Å²) in [4.78, 5) is 1.53. The van der Waals surface area contributed by atoms with Crippen molar-refractivity contribution in [2.45, 2.75) is 18.9 Å². The highest BCUT2D eigenvalue weighted by Gasteiger charge is 2.36. The molecule has 1 unspecified atom stereocenters. The van der Waals surface area contributed by atoms with E-state index in [0.29, 0.717) is 6.04 Å². The molecule has 0 bridgehead atoms. The Balaban J connectivity index is 2.05. The number of hydrogen-bond acceptors (Lipinski definition) is 2. The van der Waals surface area contributed by atoms with Gasteiger partial charge in [-0.1, -0.05) is 24.3 Å². The monoisotopic (exact) mass is 268 g/mol. The summed E-state index contributed by atoms with van der Waals surface area (Å²) in [6.07, 6.45) is 2.01. The van der Waals surface area contributed by atoms with Crippen LogP contribution >= 0.6 is 0 Å². The Kier molecular flexibility index (Phi) is 2.36. The summed E-state index contributed by atoms with van der Waals surface area (Å²) in [5.74, 6) is -0.00566. The quantitative estimate of drug-likeness (QED) is 0.633. The van der Waals surface area contributed by atoms with Crippen molar-refractivity contribution < 1.29 is 15.1 Å². The molecule has 3 heteroatoms. The summed E-state index contributed by atoms with van der Waals surface area (Å²) < 4.78 is 0. The van der Waals surface area contributed by atoms with Crippen LogP contribution in [0.2, 0.25) is 0 Å². The second-order valence-corrected chi connectivity index (χ2v) is 5.95. The van der Waals surface area contributed by atoms with Gasteiger partial charge in [0, 0.05) is 24.0 Å². The molecule has 102 valence electrons. The lowest BCUT2D eigenvalue weighted by Crippen LogP contribution is -3.10. The Morgan fingerprint density at radius 1 is 1.10 bits per heavy atom. The van der Waals surface area contributed by atoms with E-state index in [9.17, 15) is 10.2 Å². The van der Waals surface area contributed by atoms with E-state index in [1.165, 1.54) is 16.0 Å². The normalized spacial score (nSPS) is 23.1. The predicted octanol–water partition coefficient (Wildman–Crippen LogP) is 1.43. The van der Waals surface area contributed by atoms with Crippen molar-refractivity contribution in [3.05, 3.63) is 47.0 Å². The fraction of sp³-hybridized carbons (Fsp3) is 0.294. The van der Waals surface area contributed by atoms with Gasteiger partial charge in [-0.25, -0.2) is 0 Å². The first kappa shape index (κ1) is 11.8. The lowest BCUT2D eigenvalue weighted by molar-refractivity contribution is -0.914. The molecule has 1 aliphatic heterocycles. The van der Waals surface area contributed by atoms with Crippen molar-refractivity contribution in [3.8, 4) is 22.6 Å². The lowest BCUT2D eigenvalue weighted by Gasteiger charge is -2.37. The van der Waals surface area contributed by atoms with E-state index in [2.05, 4.69) is 25.2 Å². The molecule has 0 amide bonds. The average Bonchev–Trinajstić information content (AvgIpc) is 2.46. The molecule has 2 aliphatic rings. The largest absolute Gasteiger partial charge is 0.504 e. The van der Waals surface area contributed by atoms with E-state index in [4.69, 9.17) is 0 Å². The Labute approximate surface area is 118 Å². The van der Waals surface area contributed by atoms with Crippen LogP contribution in [-0.4, -0.2) is 23.8 Å². The van der Waals surface area contributed by atoms with Gasteiger partial charge in [0.1, 0.15) is 6.04 Å². The molecule has 1 heterocycles. The molecule has 4 rings (SSSR count). The third kappa shape index (κ3) is 1.44. The van der Waals surface area contributed by atoms with Crippen molar-refractivity contribution in [3.63, 3.8) is 0 Å². The smallest absolute Gasteiger partial charge is 0.165 e. The molecule has 2 aromatic rings. The molecule has 0 fully saturated rings. The van der Waals surface area contributed by atoms with E-state index in [0.717, 1.165) is 36.1 Å². The van der Waals surface area contributed by atoms with E-state index >= 15 is 0 Å². The fourth-order valence-corrected chi connectivity index (χ4v) is 3.80. The van der Waals surface area contributed by atoms with Gasteiger partial charge in [0.2, 0.25) is 0 Å². The summed E-state index contributed by atoms with van der Waals surface area (Å²) >= 11 is 0. The topological polar surface area (TPSA) is 44.9 Å². The van der Waals surface area contributed by atoms with E-state index in [-0.39, 0.29) is 11.5 Å². The molecular weight excluding hydrogens is 250 g/mol. The SMILES string of the molecule is C[NH+]1CCc2cccc3c2[C@@H]1Cc1ccc(O)c(O)c1-3. The van der Waals surface area contributed by atoms with Gasteiger partial charge >= 0.3 is 0 Å². The first-order chi connectivity index (χ1) is 9.66. The van der Waals surface area contributed by atoms with Crippen molar-refractivity contribution in [1.29, 1.82) is 0 Å². The van der Waals surface area contributed by atoms with Gasteiger partial charge in [0.05, 0.1) is 13.6 Å². The number of quaternary nitrogens is 1. The van der Waals surface area contributed by atoms with Crippen molar-refractivity contribution >= 4 is 0 Å². The molecule has 1 aliphatic carbocycles. The molecule has 3 N–H and O–H groups in total. The number of nitrogens with one attached hydrogen (secondary N) is 1. The number of benzene rings is 2. The summed E-state index contributed by atoms with van der Waals surface area (Å²) in [6, 6.07) is 10.3. The maximum Gasteiger partial charge on any atom is 0.165 e. The van der Waals surface area contributed by atoms with Crippen LogP contribution in [0.3, 0.4) is 0 Å². The zero-order valence-electron chi connectivity index (χ0n) is 11.5. The van der Waals surface area contributed by atoms with Crippen molar-refractivity contribution in [2.24, 2.45) is 0 Å². The van der Waals surface area contributed by atoms with Crippen LogP contribution in [0.25, 0.3) is 11.1 Å². The van der Waals surface area contributed by atoms with E-state index in [1.54, 1.807) is 6.07 Å². The number of phenols is 2. The van der Waals surface area contributed by atoms with Crippen LogP contribution in [0.1, 0.15) is 22.7 Å². The summed E-state index contributed by atoms with van der Waals surface area (Å²) in [5.41, 5.74) is 5.82. The summed E-state index contributed by atoms with van der Waals surface area (Å²) in [7, 11) is 2.25. The third-order valence-corrected chi connectivity index (χ3v) is 4.86. The Bertz CT molecular complexity index is 708. The predicted molar refractivity (Wildman–Crippen MR) is 77.1 cm³/mol. The molecule has 0 saturated carbocycles. The van der Waals surface area contributed by atoms with Crippen LogP contribution in [0.15, 0.2) is 30.3 Å². The molecule has 20 heavy (non-hydrogen) atoms. The van der Waals surface area contributed by atoms with Gasteiger partial charge in [-0.05, 0) is 22.8 Å².